The molecule has 0 saturated carbocycles. The molecule has 7 nitrogen and oxygen atoms in total. The minimum atomic E-state index is -0.271. The third-order valence-electron chi connectivity index (χ3n) is 3.06. The first-order chi connectivity index (χ1) is 11.1. The van der Waals surface area contributed by atoms with E-state index in [-0.39, 0.29) is 11.7 Å². The molecule has 3 aromatic rings. The predicted molar refractivity (Wildman–Crippen MR) is 90.0 cm³/mol. The van der Waals surface area contributed by atoms with Gasteiger partial charge in [0.2, 0.25) is 5.82 Å². The average molecular weight is 348 g/mol. The normalized spacial score (nSPS) is 11.0. The van der Waals surface area contributed by atoms with Gasteiger partial charge in [-0.1, -0.05) is 11.8 Å². The molecule has 0 aromatic carbocycles. The maximum atomic E-state index is 12.1. The van der Waals surface area contributed by atoms with E-state index in [1.807, 2.05) is 25.3 Å². The molecular weight excluding hydrogens is 332 g/mol. The van der Waals surface area contributed by atoms with Gasteiger partial charge in [0.05, 0.1) is 0 Å². The van der Waals surface area contributed by atoms with Crippen LogP contribution in [0.5, 0.6) is 0 Å². The van der Waals surface area contributed by atoms with Gasteiger partial charge in [0.15, 0.2) is 0 Å². The molecule has 0 aliphatic carbocycles. The van der Waals surface area contributed by atoms with Gasteiger partial charge in [-0.15, -0.1) is 16.4 Å². The molecule has 120 valence electrons. The zero-order valence-corrected chi connectivity index (χ0v) is 14.4. The van der Waals surface area contributed by atoms with Crippen LogP contribution in [0.4, 0.5) is 0 Å². The van der Waals surface area contributed by atoms with E-state index in [2.05, 4.69) is 25.4 Å². The number of thiazole rings is 1. The van der Waals surface area contributed by atoms with E-state index in [0.717, 1.165) is 27.9 Å². The molecule has 1 amide bonds. The van der Waals surface area contributed by atoms with Crippen molar-refractivity contribution in [2.24, 2.45) is 0 Å². The Bertz CT molecular complexity index is 814. The largest absolute Gasteiger partial charge is 0.349 e. The molecule has 0 aliphatic rings. The topological polar surface area (TPSA) is 85.1 Å². The summed E-state index contributed by atoms with van der Waals surface area (Å²) in [4.78, 5) is 24.8. The van der Waals surface area contributed by atoms with Crippen LogP contribution in [-0.4, -0.2) is 42.8 Å². The SMILES string of the molecule is Cc1cc(C)n2nc(C(=O)NCCCSc3nccs3)nc2n1. The van der Waals surface area contributed by atoms with Crippen molar-refractivity contribution in [2.75, 3.05) is 12.3 Å². The van der Waals surface area contributed by atoms with Gasteiger partial charge in [0, 0.05) is 35.3 Å². The lowest BCUT2D eigenvalue weighted by atomic mass is 10.4. The number of amides is 1. The van der Waals surface area contributed by atoms with Crippen molar-refractivity contribution in [3.05, 3.63) is 34.9 Å². The van der Waals surface area contributed by atoms with Crippen LogP contribution in [-0.2, 0) is 0 Å². The van der Waals surface area contributed by atoms with Crippen molar-refractivity contribution < 1.29 is 4.79 Å². The predicted octanol–water partition coefficient (Wildman–Crippen LogP) is 2.11. The van der Waals surface area contributed by atoms with Crippen LogP contribution in [0.3, 0.4) is 0 Å². The summed E-state index contributed by atoms with van der Waals surface area (Å²) in [7, 11) is 0. The second-order valence-corrected chi connectivity index (χ2v) is 7.18. The number of nitrogens with one attached hydrogen (secondary N) is 1. The highest BCUT2D eigenvalue weighted by atomic mass is 32.2. The number of fused-ring (bicyclic) bond motifs is 1. The molecule has 0 fully saturated rings. The van der Waals surface area contributed by atoms with Crippen molar-refractivity contribution in [2.45, 2.75) is 24.6 Å². The third-order valence-corrected chi connectivity index (χ3v) is 5.12. The van der Waals surface area contributed by atoms with Crippen LogP contribution in [0.1, 0.15) is 28.4 Å². The fraction of sp³-hybridized carbons (Fsp3) is 0.357. The molecule has 0 atom stereocenters. The van der Waals surface area contributed by atoms with Crippen LogP contribution in [0.25, 0.3) is 5.78 Å². The summed E-state index contributed by atoms with van der Waals surface area (Å²) in [6.45, 7) is 4.38. The Morgan fingerprint density at radius 2 is 2.26 bits per heavy atom. The first kappa shape index (κ1) is 15.9. The molecule has 1 N–H and O–H groups in total. The minimum Gasteiger partial charge on any atom is -0.349 e. The van der Waals surface area contributed by atoms with Gasteiger partial charge in [-0.3, -0.25) is 4.79 Å². The van der Waals surface area contributed by atoms with Crippen LogP contribution in [0.15, 0.2) is 22.0 Å². The molecular formula is C14H16N6OS2. The fourth-order valence-electron chi connectivity index (χ4n) is 2.06. The van der Waals surface area contributed by atoms with Gasteiger partial charge in [-0.05, 0) is 26.3 Å². The number of hydrogen-bond acceptors (Lipinski definition) is 7. The van der Waals surface area contributed by atoms with Gasteiger partial charge >= 0.3 is 0 Å². The van der Waals surface area contributed by atoms with Gasteiger partial charge in [0.25, 0.3) is 11.7 Å². The molecule has 0 unspecified atom stereocenters. The highest BCUT2D eigenvalue weighted by molar-refractivity contribution is 8.00. The van der Waals surface area contributed by atoms with E-state index in [0.29, 0.717) is 12.3 Å². The monoisotopic (exact) mass is 348 g/mol. The van der Waals surface area contributed by atoms with Crippen LogP contribution < -0.4 is 5.32 Å². The van der Waals surface area contributed by atoms with Gasteiger partial charge in [-0.25, -0.2) is 14.5 Å². The fourth-order valence-corrected chi connectivity index (χ4v) is 3.70. The van der Waals surface area contributed by atoms with Crippen molar-refractivity contribution in [1.29, 1.82) is 0 Å². The lowest BCUT2D eigenvalue weighted by Gasteiger charge is -2.01. The zero-order valence-electron chi connectivity index (χ0n) is 12.8. The van der Waals surface area contributed by atoms with E-state index in [1.165, 1.54) is 0 Å². The van der Waals surface area contributed by atoms with Gasteiger partial charge in [-0.2, -0.15) is 4.98 Å². The number of thioether (sulfide) groups is 1. The summed E-state index contributed by atoms with van der Waals surface area (Å²) in [6.07, 6.45) is 2.65. The average Bonchev–Trinajstić information content (AvgIpc) is 3.15. The number of carbonyl (C=O) groups is 1. The molecule has 0 bridgehead atoms. The molecule has 0 aliphatic heterocycles. The molecule has 3 rings (SSSR count). The summed E-state index contributed by atoms with van der Waals surface area (Å²) in [5, 5.41) is 9.00. The molecule has 3 heterocycles. The Morgan fingerprint density at radius 3 is 3.04 bits per heavy atom. The van der Waals surface area contributed by atoms with Crippen LogP contribution in [0.2, 0.25) is 0 Å². The number of carbonyl (C=O) groups excluding carboxylic acids is 1. The third kappa shape index (κ3) is 3.85. The number of hydrogen-bond donors (Lipinski definition) is 1. The summed E-state index contributed by atoms with van der Waals surface area (Å²) in [6, 6.07) is 1.90. The molecule has 0 spiro atoms. The number of aryl methyl sites for hydroxylation is 2. The van der Waals surface area contributed by atoms with Crippen molar-refractivity contribution in [3.63, 3.8) is 0 Å². The summed E-state index contributed by atoms with van der Waals surface area (Å²) < 4.78 is 2.63. The summed E-state index contributed by atoms with van der Waals surface area (Å²) >= 11 is 3.32. The van der Waals surface area contributed by atoms with E-state index >= 15 is 0 Å². The van der Waals surface area contributed by atoms with Crippen molar-refractivity contribution >= 4 is 34.8 Å². The van der Waals surface area contributed by atoms with E-state index in [9.17, 15) is 4.79 Å². The first-order valence-corrected chi connectivity index (χ1v) is 9.01. The summed E-state index contributed by atoms with van der Waals surface area (Å²) in [5.41, 5.74) is 1.76. The molecule has 9 heteroatoms. The Labute approximate surface area is 141 Å². The standard InChI is InChI=1S/C14H16N6OS2/c1-9-8-10(2)20-13(17-9)18-11(19-20)12(21)15-4-3-6-22-14-16-5-7-23-14/h5,7-8H,3-4,6H2,1-2H3,(H,15,21). The van der Waals surface area contributed by atoms with Gasteiger partial charge < -0.3 is 5.32 Å². The highest BCUT2D eigenvalue weighted by Gasteiger charge is 2.14. The van der Waals surface area contributed by atoms with E-state index < -0.39 is 0 Å². The molecule has 3 aromatic heterocycles. The van der Waals surface area contributed by atoms with Crippen LogP contribution in [0, 0.1) is 13.8 Å². The second-order valence-electron chi connectivity index (χ2n) is 4.94. The Morgan fingerprint density at radius 1 is 1.39 bits per heavy atom. The summed E-state index contributed by atoms with van der Waals surface area (Å²) in [5.74, 6) is 1.24. The Hall–Kier alpha value is -2.00. The number of aromatic nitrogens is 5. The molecule has 23 heavy (non-hydrogen) atoms. The van der Waals surface area contributed by atoms with Crippen LogP contribution >= 0.6 is 23.1 Å². The smallest absolute Gasteiger partial charge is 0.291 e. The minimum absolute atomic E-state index is 0.152. The van der Waals surface area contributed by atoms with E-state index in [4.69, 9.17) is 0 Å². The van der Waals surface area contributed by atoms with Gasteiger partial charge in [0.1, 0.15) is 4.34 Å². The second kappa shape index (κ2) is 7.05. The maximum absolute atomic E-state index is 12.1. The number of rotatable bonds is 6. The Kier molecular flexibility index (Phi) is 4.87. The first-order valence-electron chi connectivity index (χ1n) is 7.15. The van der Waals surface area contributed by atoms with E-state index in [1.54, 1.807) is 33.8 Å². The number of nitrogens with zero attached hydrogens (tertiary/aromatic N) is 5. The maximum Gasteiger partial charge on any atom is 0.291 e. The highest BCUT2D eigenvalue weighted by Crippen LogP contribution is 2.20. The lowest BCUT2D eigenvalue weighted by Crippen LogP contribution is -2.26. The van der Waals surface area contributed by atoms with Crippen molar-refractivity contribution in [1.82, 2.24) is 29.9 Å². The Balaban J connectivity index is 1.53. The molecule has 0 saturated heterocycles. The quantitative estimate of drug-likeness (QED) is 0.542. The lowest BCUT2D eigenvalue weighted by molar-refractivity contribution is 0.0943. The molecule has 0 radical (unpaired) electrons. The zero-order chi connectivity index (χ0) is 16.2. The van der Waals surface area contributed by atoms with Crippen molar-refractivity contribution in [3.8, 4) is 0 Å².